The van der Waals surface area contributed by atoms with Crippen molar-refractivity contribution in [3.8, 4) is 0 Å². The second kappa shape index (κ2) is 7.25. The van der Waals surface area contributed by atoms with Crippen molar-refractivity contribution in [1.29, 1.82) is 0 Å². The van der Waals surface area contributed by atoms with Crippen molar-refractivity contribution in [2.45, 2.75) is 37.8 Å². The molecule has 2 saturated heterocycles. The van der Waals surface area contributed by atoms with Crippen LogP contribution in [-0.2, 0) is 9.53 Å². The van der Waals surface area contributed by atoms with Crippen LogP contribution in [0.25, 0.3) is 0 Å². The van der Waals surface area contributed by atoms with E-state index >= 15 is 0 Å². The Morgan fingerprint density at radius 2 is 1.92 bits per heavy atom. The van der Waals surface area contributed by atoms with E-state index in [1.807, 2.05) is 0 Å². The van der Waals surface area contributed by atoms with Gasteiger partial charge in [-0.25, -0.2) is 8.78 Å². The maximum absolute atomic E-state index is 13.6. The Morgan fingerprint density at radius 3 is 2.54 bits per heavy atom. The number of benzene rings is 1. The maximum atomic E-state index is 13.6. The first-order valence-electron chi connectivity index (χ1n) is 8.21. The number of hydrogen-bond acceptors (Lipinski definition) is 3. The summed E-state index contributed by atoms with van der Waals surface area (Å²) in [6.45, 7) is 1.71. The predicted octanol–water partition coefficient (Wildman–Crippen LogP) is 1.86. The number of carbonyl (C=O) groups excluding carboxylic acids is 2. The second-order valence-electron chi connectivity index (χ2n) is 6.20. The number of hydrogen-bond donors (Lipinski definition) is 1. The maximum Gasteiger partial charge on any atom is 0.254 e. The zero-order chi connectivity index (χ0) is 17.1. The molecule has 1 unspecified atom stereocenters. The van der Waals surface area contributed by atoms with Crippen LogP contribution < -0.4 is 5.32 Å². The van der Waals surface area contributed by atoms with Crippen LogP contribution in [0.3, 0.4) is 0 Å². The monoisotopic (exact) mass is 338 g/mol. The first-order valence-corrected chi connectivity index (χ1v) is 8.21. The Morgan fingerprint density at radius 1 is 1.17 bits per heavy atom. The van der Waals surface area contributed by atoms with Crippen LogP contribution in [-0.4, -0.2) is 48.6 Å². The van der Waals surface area contributed by atoms with Crippen molar-refractivity contribution in [3.63, 3.8) is 0 Å². The Labute approximate surface area is 139 Å². The molecule has 2 fully saturated rings. The summed E-state index contributed by atoms with van der Waals surface area (Å²) in [7, 11) is 0. The van der Waals surface area contributed by atoms with Crippen molar-refractivity contribution in [2.24, 2.45) is 0 Å². The van der Waals surface area contributed by atoms with E-state index in [2.05, 4.69) is 5.32 Å². The number of rotatable bonds is 3. The van der Waals surface area contributed by atoms with Crippen LogP contribution in [0.2, 0.25) is 0 Å². The molecule has 0 bridgehead atoms. The average Bonchev–Trinajstić information content (AvgIpc) is 3.09. The fourth-order valence-electron chi connectivity index (χ4n) is 3.16. The van der Waals surface area contributed by atoms with Gasteiger partial charge in [0.15, 0.2) is 0 Å². The third kappa shape index (κ3) is 3.72. The predicted molar refractivity (Wildman–Crippen MR) is 82.4 cm³/mol. The lowest BCUT2D eigenvalue weighted by atomic mass is 10.0. The summed E-state index contributed by atoms with van der Waals surface area (Å²) in [5.74, 6) is -2.14. The van der Waals surface area contributed by atoms with Crippen LogP contribution in [0.4, 0.5) is 8.78 Å². The van der Waals surface area contributed by atoms with Gasteiger partial charge in [0.1, 0.15) is 17.7 Å². The fourth-order valence-corrected chi connectivity index (χ4v) is 3.16. The molecule has 0 spiro atoms. The van der Waals surface area contributed by atoms with Crippen molar-refractivity contribution in [2.75, 3.05) is 19.7 Å². The summed E-state index contributed by atoms with van der Waals surface area (Å²) in [6, 6.07) is 2.75. The molecule has 0 aliphatic carbocycles. The molecule has 2 heterocycles. The number of piperidine rings is 1. The Kier molecular flexibility index (Phi) is 5.08. The highest BCUT2D eigenvalue weighted by atomic mass is 19.1. The molecule has 1 aromatic rings. The van der Waals surface area contributed by atoms with Crippen LogP contribution in [0.5, 0.6) is 0 Å². The van der Waals surface area contributed by atoms with Crippen molar-refractivity contribution in [1.82, 2.24) is 10.2 Å². The summed E-state index contributed by atoms with van der Waals surface area (Å²) in [4.78, 5) is 26.1. The molecule has 1 N–H and O–H groups in total. The summed E-state index contributed by atoms with van der Waals surface area (Å²) >= 11 is 0. The van der Waals surface area contributed by atoms with Gasteiger partial charge >= 0.3 is 0 Å². The number of carbonyl (C=O) groups is 2. The first kappa shape index (κ1) is 16.8. The third-order valence-corrected chi connectivity index (χ3v) is 4.52. The molecular weight excluding hydrogens is 318 g/mol. The molecule has 2 amide bonds. The lowest BCUT2D eigenvalue weighted by molar-refractivity contribution is -0.142. The molecule has 0 aromatic heterocycles. The minimum Gasteiger partial charge on any atom is -0.368 e. The SMILES string of the molecule is O=C(NC1CCN(C(=O)C2CCCO2)CC1)c1ccc(F)cc1F. The van der Waals surface area contributed by atoms with Gasteiger partial charge in [0, 0.05) is 31.8 Å². The summed E-state index contributed by atoms with van der Waals surface area (Å²) < 4.78 is 31.9. The highest BCUT2D eigenvalue weighted by molar-refractivity contribution is 5.94. The standard InChI is InChI=1S/C17H20F2N2O3/c18-11-3-4-13(14(19)10-11)16(22)20-12-5-7-21(8-6-12)17(23)15-2-1-9-24-15/h3-4,10,12,15H,1-2,5-9H2,(H,20,22). The van der Waals surface area contributed by atoms with E-state index in [0.29, 0.717) is 38.6 Å². The molecule has 2 aliphatic rings. The largest absolute Gasteiger partial charge is 0.368 e. The number of amides is 2. The van der Waals surface area contributed by atoms with Crippen molar-refractivity contribution < 1.29 is 23.1 Å². The second-order valence-corrected chi connectivity index (χ2v) is 6.20. The third-order valence-electron chi connectivity index (χ3n) is 4.52. The Balaban J connectivity index is 1.51. The number of likely N-dealkylation sites (tertiary alicyclic amines) is 1. The normalized spacial score (nSPS) is 21.8. The zero-order valence-electron chi connectivity index (χ0n) is 13.3. The van der Waals surface area contributed by atoms with Crippen LogP contribution in [0, 0.1) is 11.6 Å². The number of halogens is 2. The van der Waals surface area contributed by atoms with Crippen LogP contribution in [0.15, 0.2) is 18.2 Å². The Bertz CT molecular complexity index is 624. The van der Waals surface area contributed by atoms with E-state index in [9.17, 15) is 18.4 Å². The number of nitrogens with zero attached hydrogens (tertiary/aromatic N) is 1. The van der Waals surface area contributed by atoms with E-state index in [-0.39, 0.29) is 23.6 Å². The van der Waals surface area contributed by atoms with Gasteiger partial charge in [0.25, 0.3) is 11.8 Å². The molecule has 24 heavy (non-hydrogen) atoms. The van der Waals surface area contributed by atoms with E-state index in [1.165, 1.54) is 0 Å². The number of ether oxygens (including phenoxy) is 1. The van der Waals surface area contributed by atoms with Gasteiger partial charge in [-0.1, -0.05) is 0 Å². The molecule has 2 aliphatic heterocycles. The van der Waals surface area contributed by atoms with E-state index in [0.717, 1.165) is 25.0 Å². The molecule has 0 radical (unpaired) electrons. The molecule has 7 heteroatoms. The first-order chi connectivity index (χ1) is 11.5. The van der Waals surface area contributed by atoms with Gasteiger partial charge < -0.3 is 15.0 Å². The summed E-state index contributed by atoms with van der Waals surface area (Å²) in [5, 5.41) is 2.75. The molecular formula is C17H20F2N2O3. The zero-order valence-corrected chi connectivity index (χ0v) is 13.3. The number of nitrogens with one attached hydrogen (secondary N) is 1. The van der Waals surface area contributed by atoms with E-state index < -0.39 is 17.5 Å². The van der Waals surface area contributed by atoms with Crippen LogP contribution >= 0.6 is 0 Å². The summed E-state index contributed by atoms with van der Waals surface area (Å²) in [5.41, 5.74) is -0.172. The van der Waals surface area contributed by atoms with Gasteiger partial charge in [-0.2, -0.15) is 0 Å². The minimum absolute atomic E-state index is 0.0156. The minimum atomic E-state index is -0.876. The smallest absolute Gasteiger partial charge is 0.254 e. The van der Waals surface area contributed by atoms with Crippen molar-refractivity contribution >= 4 is 11.8 Å². The lowest BCUT2D eigenvalue weighted by Crippen LogP contribution is -2.49. The fraction of sp³-hybridized carbons (Fsp3) is 0.529. The highest BCUT2D eigenvalue weighted by Crippen LogP contribution is 2.19. The highest BCUT2D eigenvalue weighted by Gasteiger charge is 2.31. The quantitative estimate of drug-likeness (QED) is 0.915. The topological polar surface area (TPSA) is 58.6 Å². The van der Waals surface area contributed by atoms with Gasteiger partial charge in [0.2, 0.25) is 0 Å². The van der Waals surface area contributed by atoms with E-state index in [1.54, 1.807) is 4.90 Å². The van der Waals surface area contributed by atoms with Gasteiger partial charge in [-0.05, 0) is 37.8 Å². The molecule has 130 valence electrons. The molecule has 5 nitrogen and oxygen atoms in total. The molecule has 3 rings (SSSR count). The van der Waals surface area contributed by atoms with Crippen LogP contribution in [0.1, 0.15) is 36.0 Å². The molecule has 1 aromatic carbocycles. The summed E-state index contributed by atoms with van der Waals surface area (Å²) in [6.07, 6.45) is 2.55. The Hall–Kier alpha value is -2.02. The van der Waals surface area contributed by atoms with Crippen molar-refractivity contribution in [3.05, 3.63) is 35.4 Å². The van der Waals surface area contributed by atoms with Gasteiger partial charge in [0.05, 0.1) is 5.56 Å². The lowest BCUT2D eigenvalue weighted by Gasteiger charge is -2.33. The average molecular weight is 338 g/mol. The molecule has 1 atom stereocenters. The van der Waals surface area contributed by atoms with Gasteiger partial charge in [-0.15, -0.1) is 0 Å². The van der Waals surface area contributed by atoms with E-state index in [4.69, 9.17) is 4.74 Å². The van der Waals surface area contributed by atoms with Gasteiger partial charge in [-0.3, -0.25) is 9.59 Å². The molecule has 0 saturated carbocycles.